The van der Waals surface area contributed by atoms with Crippen LogP contribution >= 0.6 is 0 Å². The van der Waals surface area contributed by atoms with Gasteiger partial charge in [-0.2, -0.15) is 0 Å². The zero-order valence-electron chi connectivity index (χ0n) is 7.80. The van der Waals surface area contributed by atoms with Gasteiger partial charge in [0, 0.05) is 18.5 Å². The third kappa shape index (κ3) is 2.17. The van der Waals surface area contributed by atoms with Gasteiger partial charge in [0.1, 0.15) is 6.23 Å². The maximum atomic E-state index is 9.81. The van der Waals surface area contributed by atoms with Crippen LogP contribution < -0.4 is 0 Å². The molecule has 1 saturated heterocycles. The Kier molecular flexibility index (Phi) is 2.55. The molecular weight excluding hydrogens is 138 g/mol. The Morgan fingerprint density at radius 3 is 2.00 bits per heavy atom. The van der Waals surface area contributed by atoms with Crippen molar-refractivity contribution in [2.75, 3.05) is 13.1 Å². The molecule has 1 atom stereocenters. The molecule has 66 valence electrons. The van der Waals surface area contributed by atoms with Crippen molar-refractivity contribution in [2.24, 2.45) is 5.41 Å². The van der Waals surface area contributed by atoms with E-state index in [9.17, 15) is 5.11 Å². The first-order chi connectivity index (χ1) is 5.02. The second kappa shape index (κ2) is 3.11. The molecule has 0 bridgehead atoms. The van der Waals surface area contributed by atoms with Crippen molar-refractivity contribution in [3.05, 3.63) is 0 Å². The summed E-state index contributed by atoms with van der Waals surface area (Å²) in [6.45, 7) is 8.37. The number of likely N-dealkylation sites (tertiary alicyclic amines) is 1. The van der Waals surface area contributed by atoms with Crippen molar-refractivity contribution in [3.8, 4) is 0 Å². The molecule has 1 fully saturated rings. The Balaban J connectivity index is 2.46. The molecule has 11 heavy (non-hydrogen) atoms. The number of aliphatic hydroxyl groups is 1. The summed E-state index contributed by atoms with van der Waals surface area (Å²) in [7, 11) is 0. The average Bonchev–Trinajstić information content (AvgIpc) is 2.34. The average molecular weight is 157 g/mol. The molecule has 1 aliphatic heterocycles. The fourth-order valence-corrected chi connectivity index (χ4v) is 1.53. The minimum atomic E-state index is -0.259. The molecule has 1 heterocycles. The molecule has 2 nitrogen and oxygen atoms in total. The highest BCUT2D eigenvalue weighted by Crippen LogP contribution is 2.24. The van der Waals surface area contributed by atoms with E-state index in [0.717, 1.165) is 13.1 Å². The van der Waals surface area contributed by atoms with Crippen LogP contribution in [0.5, 0.6) is 0 Å². The van der Waals surface area contributed by atoms with Crippen LogP contribution in [0.4, 0.5) is 0 Å². The summed E-state index contributed by atoms with van der Waals surface area (Å²) < 4.78 is 0. The predicted octanol–water partition coefficient (Wildman–Crippen LogP) is 1.45. The van der Waals surface area contributed by atoms with E-state index in [1.54, 1.807) is 0 Å². The molecule has 1 rings (SSSR count). The maximum Gasteiger partial charge on any atom is 0.112 e. The number of rotatable bonds is 1. The number of hydrogen-bond acceptors (Lipinski definition) is 2. The van der Waals surface area contributed by atoms with Gasteiger partial charge >= 0.3 is 0 Å². The summed E-state index contributed by atoms with van der Waals surface area (Å²) in [5, 5.41) is 9.81. The Labute approximate surface area is 69.2 Å². The fraction of sp³-hybridized carbons (Fsp3) is 1.00. The highest BCUT2D eigenvalue weighted by molar-refractivity contribution is 4.77. The van der Waals surface area contributed by atoms with Crippen molar-refractivity contribution >= 4 is 0 Å². The van der Waals surface area contributed by atoms with Gasteiger partial charge in [0.05, 0.1) is 0 Å². The zero-order chi connectivity index (χ0) is 8.48. The topological polar surface area (TPSA) is 23.5 Å². The van der Waals surface area contributed by atoms with Crippen LogP contribution in [0.2, 0.25) is 0 Å². The van der Waals surface area contributed by atoms with Crippen LogP contribution in [0.25, 0.3) is 0 Å². The molecule has 0 aromatic rings. The van der Waals surface area contributed by atoms with E-state index in [-0.39, 0.29) is 11.6 Å². The third-order valence-corrected chi connectivity index (χ3v) is 2.26. The van der Waals surface area contributed by atoms with Crippen molar-refractivity contribution in [3.63, 3.8) is 0 Å². The van der Waals surface area contributed by atoms with E-state index in [1.165, 1.54) is 12.8 Å². The van der Waals surface area contributed by atoms with Gasteiger partial charge in [-0.1, -0.05) is 20.8 Å². The van der Waals surface area contributed by atoms with Crippen molar-refractivity contribution in [1.29, 1.82) is 0 Å². The number of aliphatic hydroxyl groups excluding tert-OH is 1. The Hall–Kier alpha value is -0.0800. The summed E-state index contributed by atoms with van der Waals surface area (Å²) in [6.07, 6.45) is 2.23. The van der Waals surface area contributed by atoms with E-state index in [2.05, 4.69) is 25.7 Å². The summed E-state index contributed by atoms with van der Waals surface area (Å²) in [5.41, 5.74) is 0.00431. The van der Waals surface area contributed by atoms with E-state index < -0.39 is 0 Å². The van der Waals surface area contributed by atoms with Gasteiger partial charge in [0.15, 0.2) is 0 Å². The lowest BCUT2D eigenvalue weighted by atomic mass is 9.93. The first-order valence-electron chi connectivity index (χ1n) is 4.44. The van der Waals surface area contributed by atoms with Crippen molar-refractivity contribution in [1.82, 2.24) is 4.90 Å². The van der Waals surface area contributed by atoms with Crippen LogP contribution in [-0.4, -0.2) is 29.3 Å². The molecule has 0 aliphatic carbocycles. The minimum Gasteiger partial charge on any atom is -0.378 e. The lowest BCUT2D eigenvalue weighted by Gasteiger charge is -2.33. The molecule has 0 spiro atoms. The van der Waals surface area contributed by atoms with E-state index in [1.807, 2.05) is 0 Å². The molecule has 2 heteroatoms. The van der Waals surface area contributed by atoms with Gasteiger partial charge < -0.3 is 5.11 Å². The quantitative estimate of drug-likeness (QED) is 0.622. The Morgan fingerprint density at radius 1 is 1.18 bits per heavy atom. The van der Waals surface area contributed by atoms with E-state index in [4.69, 9.17) is 0 Å². The smallest absolute Gasteiger partial charge is 0.112 e. The molecule has 0 saturated carbocycles. The SMILES string of the molecule is CC(C)(C)C(O)N1CCCC1. The molecule has 0 radical (unpaired) electrons. The van der Waals surface area contributed by atoms with Gasteiger partial charge in [0.2, 0.25) is 0 Å². The summed E-state index contributed by atoms with van der Waals surface area (Å²) in [5.74, 6) is 0. The van der Waals surface area contributed by atoms with Crippen LogP contribution in [-0.2, 0) is 0 Å². The highest BCUT2D eigenvalue weighted by atomic mass is 16.3. The second-order valence-electron chi connectivity index (χ2n) is 4.48. The monoisotopic (exact) mass is 157 g/mol. The van der Waals surface area contributed by atoms with Gasteiger partial charge in [0.25, 0.3) is 0 Å². The second-order valence-corrected chi connectivity index (χ2v) is 4.48. The third-order valence-electron chi connectivity index (χ3n) is 2.26. The maximum absolute atomic E-state index is 9.81. The summed E-state index contributed by atoms with van der Waals surface area (Å²) >= 11 is 0. The number of nitrogens with zero attached hydrogens (tertiary/aromatic N) is 1. The molecule has 1 aliphatic rings. The van der Waals surface area contributed by atoms with Gasteiger partial charge in [-0.15, -0.1) is 0 Å². The van der Waals surface area contributed by atoms with Crippen molar-refractivity contribution < 1.29 is 5.11 Å². The van der Waals surface area contributed by atoms with Gasteiger partial charge in [-0.05, 0) is 12.8 Å². The van der Waals surface area contributed by atoms with E-state index >= 15 is 0 Å². The predicted molar refractivity (Wildman–Crippen MR) is 46.3 cm³/mol. The summed E-state index contributed by atoms with van der Waals surface area (Å²) in [6, 6.07) is 0. The fourth-order valence-electron chi connectivity index (χ4n) is 1.53. The normalized spacial score (nSPS) is 24.0. The van der Waals surface area contributed by atoms with Gasteiger partial charge in [-0.3, -0.25) is 4.90 Å². The minimum absolute atomic E-state index is 0.00431. The van der Waals surface area contributed by atoms with Crippen LogP contribution in [0.1, 0.15) is 33.6 Å². The zero-order valence-corrected chi connectivity index (χ0v) is 7.80. The molecule has 1 N–H and O–H groups in total. The lowest BCUT2D eigenvalue weighted by Crippen LogP contribution is -2.42. The largest absolute Gasteiger partial charge is 0.378 e. The van der Waals surface area contributed by atoms with Crippen LogP contribution in [0.3, 0.4) is 0 Å². The number of hydrogen-bond donors (Lipinski definition) is 1. The van der Waals surface area contributed by atoms with E-state index in [0.29, 0.717) is 0 Å². The lowest BCUT2D eigenvalue weighted by molar-refractivity contribution is -0.0585. The molecule has 0 aromatic heterocycles. The Bertz CT molecular complexity index is 122. The molecule has 0 aromatic carbocycles. The Morgan fingerprint density at radius 2 is 1.64 bits per heavy atom. The van der Waals surface area contributed by atoms with Crippen molar-refractivity contribution in [2.45, 2.75) is 39.8 Å². The molecule has 1 unspecified atom stereocenters. The van der Waals surface area contributed by atoms with Gasteiger partial charge in [-0.25, -0.2) is 0 Å². The molecule has 0 amide bonds. The first kappa shape index (κ1) is 9.01. The van der Waals surface area contributed by atoms with Crippen LogP contribution in [0.15, 0.2) is 0 Å². The molecular formula is C9H19NO. The van der Waals surface area contributed by atoms with Crippen LogP contribution in [0, 0.1) is 5.41 Å². The summed E-state index contributed by atoms with van der Waals surface area (Å²) in [4.78, 5) is 2.17. The standard InChI is InChI=1S/C9H19NO/c1-9(2,3)8(11)10-6-4-5-7-10/h8,11H,4-7H2,1-3H3. The first-order valence-corrected chi connectivity index (χ1v) is 4.44. The highest BCUT2D eigenvalue weighted by Gasteiger charge is 2.29.